The number of nitriles is 1. The minimum atomic E-state index is -4.44. The van der Waals surface area contributed by atoms with Crippen molar-refractivity contribution in [3.05, 3.63) is 51.2 Å². The number of Topliss-reactive ketones (excluding diaryl/α,β-unsaturated/α-hetero) is 1. The van der Waals surface area contributed by atoms with Crippen LogP contribution < -0.4 is 0 Å². The third-order valence-electron chi connectivity index (χ3n) is 3.13. The molecule has 0 N–H and O–H groups in total. The van der Waals surface area contributed by atoms with Gasteiger partial charge in [-0.1, -0.05) is 6.07 Å². The number of halogens is 3. The molecule has 116 valence electrons. The van der Waals surface area contributed by atoms with Crippen molar-refractivity contribution >= 4 is 38.7 Å². The Morgan fingerprint density at radius 3 is 2.70 bits per heavy atom. The SMILES string of the molecule is N#C[C@@H](C(=O)c1cccs1)c1nc2ccc(C(F)(F)F)cc2s1. The van der Waals surface area contributed by atoms with Crippen LogP contribution in [0.2, 0.25) is 0 Å². The summed E-state index contributed by atoms with van der Waals surface area (Å²) in [5.41, 5.74) is -0.435. The van der Waals surface area contributed by atoms with Gasteiger partial charge in [0, 0.05) is 0 Å². The van der Waals surface area contributed by atoms with Crippen molar-refractivity contribution in [3.63, 3.8) is 0 Å². The Balaban J connectivity index is 2.02. The second kappa shape index (κ2) is 5.76. The number of fused-ring (bicyclic) bond motifs is 1. The first-order valence-corrected chi connectivity index (χ1v) is 8.05. The zero-order chi connectivity index (χ0) is 16.6. The van der Waals surface area contributed by atoms with Crippen LogP contribution in [0.15, 0.2) is 35.7 Å². The van der Waals surface area contributed by atoms with Crippen LogP contribution in [0.5, 0.6) is 0 Å². The summed E-state index contributed by atoms with van der Waals surface area (Å²) in [7, 11) is 0. The number of alkyl halides is 3. The third kappa shape index (κ3) is 2.98. The van der Waals surface area contributed by atoms with E-state index in [1.165, 1.54) is 17.4 Å². The number of carbonyl (C=O) groups is 1. The van der Waals surface area contributed by atoms with Gasteiger partial charge in [0.2, 0.25) is 0 Å². The van der Waals surface area contributed by atoms with Gasteiger partial charge in [-0.25, -0.2) is 4.98 Å². The Morgan fingerprint density at radius 2 is 2.09 bits per heavy atom. The number of benzene rings is 1. The Bertz CT molecular complexity index is 907. The lowest BCUT2D eigenvalue weighted by atomic mass is 10.1. The van der Waals surface area contributed by atoms with E-state index in [0.29, 0.717) is 15.1 Å². The molecule has 3 aromatic rings. The van der Waals surface area contributed by atoms with Gasteiger partial charge in [-0.2, -0.15) is 18.4 Å². The van der Waals surface area contributed by atoms with Gasteiger partial charge in [0.15, 0.2) is 11.7 Å². The summed E-state index contributed by atoms with van der Waals surface area (Å²) in [6.45, 7) is 0. The average Bonchev–Trinajstić information content (AvgIpc) is 3.15. The van der Waals surface area contributed by atoms with Crippen LogP contribution in [-0.2, 0) is 6.18 Å². The number of ketones is 1. The monoisotopic (exact) mass is 352 g/mol. The van der Waals surface area contributed by atoms with Crippen LogP contribution in [0.4, 0.5) is 13.2 Å². The lowest BCUT2D eigenvalue weighted by Gasteiger charge is -2.04. The molecule has 0 fully saturated rings. The van der Waals surface area contributed by atoms with Gasteiger partial charge < -0.3 is 0 Å². The highest BCUT2D eigenvalue weighted by Gasteiger charge is 2.31. The first-order valence-electron chi connectivity index (χ1n) is 6.35. The Kier molecular flexibility index (Phi) is 3.92. The quantitative estimate of drug-likeness (QED) is 0.632. The van der Waals surface area contributed by atoms with Gasteiger partial charge in [0.1, 0.15) is 5.01 Å². The van der Waals surface area contributed by atoms with E-state index in [9.17, 15) is 23.2 Å². The van der Waals surface area contributed by atoms with E-state index < -0.39 is 23.4 Å². The number of hydrogen-bond acceptors (Lipinski definition) is 5. The van der Waals surface area contributed by atoms with E-state index in [4.69, 9.17) is 0 Å². The lowest BCUT2D eigenvalue weighted by molar-refractivity contribution is -0.137. The minimum absolute atomic E-state index is 0.209. The van der Waals surface area contributed by atoms with Crippen LogP contribution >= 0.6 is 22.7 Å². The molecular weight excluding hydrogens is 345 g/mol. The van der Waals surface area contributed by atoms with E-state index in [-0.39, 0.29) is 5.01 Å². The molecule has 1 atom stereocenters. The summed E-state index contributed by atoms with van der Waals surface area (Å²) in [6.07, 6.45) is -4.44. The summed E-state index contributed by atoms with van der Waals surface area (Å²) >= 11 is 2.15. The number of thiazole rings is 1. The fourth-order valence-electron chi connectivity index (χ4n) is 2.03. The van der Waals surface area contributed by atoms with Crippen molar-refractivity contribution in [1.29, 1.82) is 5.26 Å². The molecule has 0 aliphatic carbocycles. The van der Waals surface area contributed by atoms with E-state index in [2.05, 4.69) is 4.98 Å². The molecule has 0 saturated heterocycles. The smallest absolute Gasteiger partial charge is 0.291 e. The molecule has 0 aliphatic heterocycles. The lowest BCUT2D eigenvalue weighted by Crippen LogP contribution is -2.09. The normalized spacial score (nSPS) is 13.0. The van der Waals surface area contributed by atoms with Crippen molar-refractivity contribution in [2.24, 2.45) is 0 Å². The Morgan fingerprint density at radius 1 is 1.30 bits per heavy atom. The Labute approximate surface area is 136 Å². The highest BCUT2D eigenvalue weighted by molar-refractivity contribution is 7.19. The fourth-order valence-corrected chi connectivity index (χ4v) is 3.78. The molecule has 23 heavy (non-hydrogen) atoms. The number of thiophene rings is 1. The molecule has 3 nitrogen and oxygen atoms in total. The zero-order valence-electron chi connectivity index (χ0n) is 11.3. The van der Waals surface area contributed by atoms with Crippen LogP contribution in [0, 0.1) is 11.3 Å². The molecule has 0 saturated carbocycles. The van der Waals surface area contributed by atoms with Crippen LogP contribution in [0.3, 0.4) is 0 Å². The third-order valence-corrected chi connectivity index (χ3v) is 5.10. The number of nitrogens with zero attached hydrogens (tertiary/aromatic N) is 2. The summed E-state index contributed by atoms with van der Waals surface area (Å²) in [4.78, 5) is 16.9. The van der Waals surface area contributed by atoms with Crippen molar-refractivity contribution in [1.82, 2.24) is 4.98 Å². The predicted molar refractivity (Wildman–Crippen MR) is 81.6 cm³/mol. The highest BCUT2D eigenvalue weighted by Crippen LogP contribution is 2.35. The number of aromatic nitrogens is 1. The molecule has 0 unspecified atom stereocenters. The summed E-state index contributed by atoms with van der Waals surface area (Å²) < 4.78 is 38.5. The molecule has 8 heteroatoms. The average molecular weight is 352 g/mol. The van der Waals surface area contributed by atoms with Crippen LogP contribution in [0.25, 0.3) is 10.2 Å². The van der Waals surface area contributed by atoms with Gasteiger partial charge >= 0.3 is 6.18 Å². The molecule has 0 radical (unpaired) electrons. The maximum atomic E-state index is 12.7. The van der Waals surface area contributed by atoms with Gasteiger partial charge in [0.25, 0.3) is 0 Å². The molecule has 2 heterocycles. The minimum Gasteiger partial charge on any atom is -0.291 e. The molecule has 0 spiro atoms. The molecule has 0 bridgehead atoms. The maximum Gasteiger partial charge on any atom is 0.416 e. The predicted octanol–water partition coefficient (Wildman–Crippen LogP) is 4.87. The van der Waals surface area contributed by atoms with Crippen molar-refractivity contribution in [2.75, 3.05) is 0 Å². The molecular formula is C15H7F3N2OS2. The molecule has 1 aromatic carbocycles. The Hall–Kier alpha value is -2.24. The van der Waals surface area contributed by atoms with Gasteiger partial charge in [-0.3, -0.25) is 4.79 Å². The first-order chi connectivity index (χ1) is 10.9. The summed E-state index contributed by atoms with van der Waals surface area (Å²) in [6, 6.07) is 8.37. The van der Waals surface area contributed by atoms with E-state index in [1.54, 1.807) is 17.5 Å². The number of hydrogen-bond donors (Lipinski definition) is 0. The van der Waals surface area contributed by atoms with Gasteiger partial charge in [-0.05, 0) is 29.6 Å². The molecule has 3 rings (SSSR count). The van der Waals surface area contributed by atoms with Gasteiger partial charge in [-0.15, -0.1) is 22.7 Å². The van der Waals surface area contributed by atoms with E-state index in [0.717, 1.165) is 23.5 Å². The molecule has 2 aromatic heterocycles. The topological polar surface area (TPSA) is 53.8 Å². The zero-order valence-corrected chi connectivity index (χ0v) is 12.9. The van der Waals surface area contributed by atoms with Crippen molar-refractivity contribution in [3.8, 4) is 6.07 Å². The molecule has 0 aliphatic rings. The fraction of sp³-hybridized carbons (Fsp3) is 0.133. The van der Waals surface area contributed by atoms with Gasteiger partial charge in [0.05, 0.1) is 26.7 Å². The van der Waals surface area contributed by atoms with Crippen LogP contribution in [0.1, 0.15) is 26.2 Å². The van der Waals surface area contributed by atoms with Crippen molar-refractivity contribution in [2.45, 2.75) is 12.1 Å². The highest BCUT2D eigenvalue weighted by atomic mass is 32.1. The summed E-state index contributed by atoms with van der Waals surface area (Å²) in [5.74, 6) is -1.50. The second-order valence-electron chi connectivity index (χ2n) is 4.64. The molecule has 0 amide bonds. The standard InChI is InChI=1S/C15H7F3N2OS2/c16-15(17,18)8-3-4-10-12(6-8)23-14(20-10)9(7-19)13(21)11-2-1-5-22-11/h1-6,9H/t9-/m0/s1. The van der Waals surface area contributed by atoms with E-state index in [1.807, 2.05) is 6.07 Å². The van der Waals surface area contributed by atoms with E-state index >= 15 is 0 Å². The summed E-state index contributed by atoms with van der Waals surface area (Å²) in [5, 5.41) is 11.2. The second-order valence-corrected chi connectivity index (χ2v) is 6.65. The largest absolute Gasteiger partial charge is 0.416 e. The van der Waals surface area contributed by atoms with Crippen molar-refractivity contribution < 1.29 is 18.0 Å². The number of carbonyl (C=O) groups excluding carboxylic acids is 1. The first kappa shape index (κ1) is 15.6. The van der Waals surface area contributed by atoms with Crippen LogP contribution in [-0.4, -0.2) is 10.8 Å². The maximum absolute atomic E-state index is 12.7. The number of rotatable bonds is 3.